The summed E-state index contributed by atoms with van der Waals surface area (Å²) in [4.78, 5) is 4.04. The SMILES string of the molecule is C/N=C\c1ccc(NCc2ccccc2)cc1C. The molecule has 18 heavy (non-hydrogen) atoms. The van der Waals surface area contributed by atoms with Crippen molar-refractivity contribution in [3.8, 4) is 0 Å². The van der Waals surface area contributed by atoms with Crippen molar-refractivity contribution in [3.05, 3.63) is 65.2 Å². The number of nitrogens with one attached hydrogen (secondary N) is 1. The van der Waals surface area contributed by atoms with Gasteiger partial charge in [-0.25, -0.2) is 0 Å². The molecule has 0 radical (unpaired) electrons. The lowest BCUT2D eigenvalue weighted by Gasteiger charge is -2.08. The predicted molar refractivity (Wildman–Crippen MR) is 78.5 cm³/mol. The highest BCUT2D eigenvalue weighted by molar-refractivity contribution is 5.82. The first-order chi connectivity index (χ1) is 8.79. The summed E-state index contributed by atoms with van der Waals surface area (Å²) >= 11 is 0. The van der Waals surface area contributed by atoms with E-state index in [9.17, 15) is 0 Å². The number of hydrogen-bond acceptors (Lipinski definition) is 2. The molecule has 0 amide bonds. The van der Waals surface area contributed by atoms with E-state index in [1.165, 1.54) is 16.7 Å². The van der Waals surface area contributed by atoms with Crippen molar-refractivity contribution in [2.24, 2.45) is 4.99 Å². The van der Waals surface area contributed by atoms with Gasteiger partial charge in [0.05, 0.1) is 0 Å². The maximum absolute atomic E-state index is 4.04. The first kappa shape index (κ1) is 12.4. The third-order valence-corrected chi connectivity index (χ3v) is 2.88. The van der Waals surface area contributed by atoms with Gasteiger partial charge in [0.2, 0.25) is 0 Å². The Kier molecular flexibility index (Phi) is 4.13. The van der Waals surface area contributed by atoms with E-state index in [0.717, 1.165) is 12.2 Å². The van der Waals surface area contributed by atoms with E-state index in [1.807, 2.05) is 12.3 Å². The molecule has 1 N–H and O–H groups in total. The van der Waals surface area contributed by atoms with E-state index in [-0.39, 0.29) is 0 Å². The van der Waals surface area contributed by atoms with Gasteiger partial charge in [0.1, 0.15) is 0 Å². The molecule has 0 bridgehead atoms. The molecule has 2 aromatic rings. The molecular formula is C16H18N2. The van der Waals surface area contributed by atoms with Crippen LogP contribution in [0.3, 0.4) is 0 Å². The van der Waals surface area contributed by atoms with Crippen LogP contribution in [-0.4, -0.2) is 13.3 Å². The molecule has 0 aromatic heterocycles. The second-order valence-electron chi connectivity index (χ2n) is 4.30. The molecule has 0 aliphatic rings. The Morgan fingerprint density at radius 3 is 2.56 bits per heavy atom. The number of hydrogen-bond donors (Lipinski definition) is 1. The van der Waals surface area contributed by atoms with Gasteiger partial charge in [-0.2, -0.15) is 0 Å². The van der Waals surface area contributed by atoms with Gasteiger partial charge in [-0.3, -0.25) is 4.99 Å². The van der Waals surface area contributed by atoms with Crippen LogP contribution in [0.1, 0.15) is 16.7 Å². The smallest absolute Gasteiger partial charge is 0.0400 e. The quantitative estimate of drug-likeness (QED) is 0.808. The molecular weight excluding hydrogens is 220 g/mol. The molecule has 0 aliphatic carbocycles. The van der Waals surface area contributed by atoms with Gasteiger partial charge in [-0.05, 0) is 35.7 Å². The highest BCUT2D eigenvalue weighted by Crippen LogP contribution is 2.14. The van der Waals surface area contributed by atoms with Crippen LogP contribution in [-0.2, 0) is 6.54 Å². The predicted octanol–water partition coefficient (Wildman–Crippen LogP) is 3.66. The minimum Gasteiger partial charge on any atom is -0.381 e. The van der Waals surface area contributed by atoms with Gasteiger partial charge < -0.3 is 5.32 Å². The lowest BCUT2D eigenvalue weighted by molar-refractivity contribution is 1.15. The molecule has 0 unspecified atom stereocenters. The molecule has 2 rings (SSSR count). The number of aryl methyl sites for hydroxylation is 1. The Bertz CT molecular complexity index is 530. The van der Waals surface area contributed by atoms with Crippen molar-refractivity contribution in [2.75, 3.05) is 12.4 Å². The third-order valence-electron chi connectivity index (χ3n) is 2.88. The van der Waals surface area contributed by atoms with Crippen LogP contribution in [0.4, 0.5) is 5.69 Å². The van der Waals surface area contributed by atoms with Crippen molar-refractivity contribution >= 4 is 11.9 Å². The van der Waals surface area contributed by atoms with Gasteiger partial charge in [0.25, 0.3) is 0 Å². The molecule has 2 aromatic carbocycles. The Balaban J connectivity index is 2.04. The number of nitrogens with zero attached hydrogens (tertiary/aromatic N) is 1. The molecule has 0 spiro atoms. The lowest BCUT2D eigenvalue weighted by atomic mass is 10.1. The summed E-state index contributed by atoms with van der Waals surface area (Å²) in [6.45, 7) is 2.95. The van der Waals surface area contributed by atoms with Crippen molar-refractivity contribution in [1.29, 1.82) is 0 Å². The second kappa shape index (κ2) is 6.01. The first-order valence-electron chi connectivity index (χ1n) is 6.10. The fraction of sp³-hybridized carbons (Fsp3) is 0.188. The van der Waals surface area contributed by atoms with Gasteiger partial charge in [0, 0.05) is 25.5 Å². The normalized spacial score (nSPS) is 10.8. The zero-order chi connectivity index (χ0) is 12.8. The van der Waals surface area contributed by atoms with Crippen LogP contribution in [0, 0.1) is 6.92 Å². The number of benzene rings is 2. The Morgan fingerprint density at radius 2 is 1.89 bits per heavy atom. The summed E-state index contributed by atoms with van der Waals surface area (Å²) in [7, 11) is 1.79. The summed E-state index contributed by atoms with van der Waals surface area (Å²) < 4.78 is 0. The fourth-order valence-corrected chi connectivity index (χ4v) is 1.87. The molecule has 0 aliphatic heterocycles. The molecule has 2 nitrogen and oxygen atoms in total. The first-order valence-corrected chi connectivity index (χ1v) is 6.10. The summed E-state index contributed by atoms with van der Waals surface area (Å²) in [6, 6.07) is 16.7. The molecule has 92 valence electrons. The molecule has 0 atom stereocenters. The molecule has 2 heteroatoms. The highest BCUT2D eigenvalue weighted by Gasteiger charge is 1.98. The molecule has 0 fully saturated rings. The monoisotopic (exact) mass is 238 g/mol. The standard InChI is InChI=1S/C16H18N2/c1-13-10-16(9-8-15(13)12-17-2)18-11-14-6-4-3-5-7-14/h3-10,12,18H,11H2,1-2H3/b17-12-. The van der Waals surface area contributed by atoms with Gasteiger partial charge >= 0.3 is 0 Å². The van der Waals surface area contributed by atoms with Crippen molar-refractivity contribution in [1.82, 2.24) is 0 Å². The molecule has 0 saturated heterocycles. The average Bonchev–Trinajstić information content (AvgIpc) is 2.41. The van der Waals surface area contributed by atoms with Crippen molar-refractivity contribution in [2.45, 2.75) is 13.5 Å². The van der Waals surface area contributed by atoms with Crippen LogP contribution in [0.5, 0.6) is 0 Å². The van der Waals surface area contributed by atoms with Gasteiger partial charge in [-0.1, -0.05) is 36.4 Å². The topological polar surface area (TPSA) is 24.4 Å². The number of anilines is 1. The minimum atomic E-state index is 0.849. The van der Waals surface area contributed by atoms with Crippen molar-refractivity contribution in [3.63, 3.8) is 0 Å². The zero-order valence-electron chi connectivity index (χ0n) is 10.9. The number of aliphatic imine (C=N–C) groups is 1. The second-order valence-corrected chi connectivity index (χ2v) is 4.30. The van der Waals surface area contributed by atoms with Crippen LogP contribution in [0.2, 0.25) is 0 Å². The highest BCUT2D eigenvalue weighted by atomic mass is 14.9. The maximum atomic E-state index is 4.04. The Hall–Kier alpha value is -2.09. The van der Waals surface area contributed by atoms with E-state index < -0.39 is 0 Å². The van der Waals surface area contributed by atoms with E-state index in [0.29, 0.717) is 0 Å². The average molecular weight is 238 g/mol. The fourth-order valence-electron chi connectivity index (χ4n) is 1.87. The van der Waals surface area contributed by atoms with E-state index in [1.54, 1.807) is 7.05 Å². The summed E-state index contributed by atoms with van der Waals surface area (Å²) in [5, 5.41) is 3.43. The lowest BCUT2D eigenvalue weighted by Crippen LogP contribution is -2.00. The Morgan fingerprint density at radius 1 is 1.11 bits per heavy atom. The third kappa shape index (κ3) is 3.20. The molecule has 0 heterocycles. The van der Waals surface area contributed by atoms with E-state index >= 15 is 0 Å². The van der Waals surface area contributed by atoms with Gasteiger partial charge in [0.15, 0.2) is 0 Å². The Labute approximate surface area is 108 Å². The van der Waals surface area contributed by atoms with Crippen LogP contribution in [0.15, 0.2) is 53.5 Å². The van der Waals surface area contributed by atoms with Crippen molar-refractivity contribution < 1.29 is 0 Å². The summed E-state index contributed by atoms with van der Waals surface area (Å²) in [6.07, 6.45) is 1.89. The summed E-state index contributed by atoms with van der Waals surface area (Å²) in [5.74, 6) is 0. The van der Waals surface area contributed by atoms with E-state index in [4.69, 9.17) is 0 Å². The largest absolute Gasteiger partial charge is 0.381 e. The molecule has 0 saturated carbocycles. The summed E-state index contributed by atoms with van der Waals surface area (Å²) in [5.41, 5.74) is 4.83. The minimum absolute atomic E-state index is 0.849. The number of rotatable bonds is 4. The zero-order valence-corrected chi connectivity index (χ0v) is 10.9. The van der Waals surface area contributed by atoms with Gasteiger partial charge in [-0.15, -0.1) is 0 Å². The van der Waals surface area contributed by atoms with Crippen LogP contribution < -0.4 is 5.32 Å². The maximum Gasteiger partial charge on any atom is 0.0400 e. The van der Waals surface area contributed by atoms with Crippen LogP contribution in [0.25, 0.3) is 0 Å². The van der Waals surface area contributed by atoms with E-state index in [2.05, 4.69) is 59.7 Å². The van der Waals surface area contributed by atoms with Crippen LogP contribution >= 0.6 is 0 Å².